The van der Waals surface area contributed by atoms with Crippen LogP contribution in [0.2, 0.25) is 0 Å². The number of benzene rings is 3. The number of hydrogen-bond donors (Lipinski definition) is 0. The smallest absolute Gasteiger partial charge is 0.416 e. The van der Waals surface area contributed by atoms with Gasteiger partial charge in [0.2, 0.25) is 12.7 Å². The maximum absolute atomic E-state index is 13.6. The first kappa shape index (κ1) is 34.8. The number of aryl methyl sites for hydroxylation is 1. The van der Waals surface area contributed by atoms with E-state index in [0.29, 0.717) is 30.2 Å². The lowest BCUT2D eigenvalue weighted by Gasteiger charge is -2.34. The number of anilines is 1. The number of carbonyl (C=O) groups is 2. The molecule has 0 aliphatic carbocycles. The van der Waals surface area contributed by atoms with Crippen molar-refractivity contribution in [2.75, 3.05) is 44.9 Å². The van der Waals surface area contributed by atoms with Crippen molar-refractivity contribution in [2.45, 2.75) is 12.7 Å². The molecule has 0 N–H and O–H groups in total. The predicted molar refractivity (Wildman–Crippen MR) is 185 cm³/mol. The third-order valence-electron chi connectivity index (χ3n) is 8.83. The fourth-order valence-corrected chi connectivity index (χ4v) is 6.03. The Morgan fingerprint density at radius 3 is 2.34 bits per heavy atom. The van der Waals surface area contributed by atoms with Gasteiger partial charge in [0.25, 0.3) is 11.8 Å². The van der Waals surface area contributed by atoms with Gasteiger partial charge in [-0.1, -0.05) is 6.07 Å². The number of hydrogen-bond acceptors (Lipinski definition) is 7. The zero-order valence-corrected chi connectivity index (χ0v) is 28.9. The van der Waals surface area contributed by atoms with Crippen molar-refractivity contribution in [1.82, 2.24) is 19.4 Å². The molecule has 0 spiro atoms. The average Bonchev–Trinajstić information content (AvgIpc) is 3.71. The van der Waals surface area contributed by atoms with Crippen molar-refractivity contribution >= 4 is 45.4 Å². The van der Waals surface area contributed by atoms with Crippen LogP contribution in [-0.2, 0) is 19.8 Å². The molecule has 14 heteroatoms. The van der Waals surface area contributed by atoms with Gasteiger partial charge in [0.15, 0.2) is 11.5 Å². The molecule has 2 aliphatic heterocycles. The summed E-state index contributed by atoms with van der Waals surface area (Å²) in [6, 6.07) is 20.7. The Hall–Kier alpha value is -5.08. The molecule has 10 nitrogen and oxygen atoms in total. The predicted octanol–water partition coefficient (Wildman–Crippen LogP) is 6.93. The Bertz CT molecular complexity index is 2030. The second-order valence-electron chi connectivity index (χ2n) is 12.0. The molecular weight excluding hydrogens is 719 g/mol. The van der Waals surface area contributed by atoms with E-state index in [1.807, 2.05) is 52.9 Å². The maximum Gasteiger partial charge on any atom is 0.416 e. The zero-order chi connectivity index (χ0) is 34.3. The fraction of sp³-hybridized carbons (Fsp3) is 0.250. The number of rotatable bonds is 7. The normalized spacial score (nSPS) is 14.4. The summed E-state index contributed by atoms with van der Waals surface area (Å²) in [5, 5.41) is 0.836. The minimum absolute atomic E-state index is 0. The molecule has 2 aromatic heterocycles. The van der Waals surface area contributed by atoms with Crippen LogP contribution in [0, 0.1) is 0 Å². The van der Waals surface area contributed by atoms with Crippen molar-refractivity contribution in [1.29, 1.82) is 0 Å². The first-order chi connectivity index (χ1) is 23.5. The van der Waals surface area contributed by atoms with E-state index in [1.165, 1.54) is 18.1 Å². The molecular formula is C36H33BrF3N5O5. The summed E-state index contributed by atoms with van der Waals surface area (Å²) < 4.78 is 57.4. The third-order valence-corrected chi connectivity index (χ3v) is 8.83. The highest BCUT2D eigenvalue weighted by atomic mass is 79.9. The van der Waals surface area contributed by atoms with E-state index < -0.39 is 17.6 Å². The van der Waals surface area contributed by atoms with E-state index >= 15 is 0 Å². The van der Waals surface area contributed by atoms with Gasteiger partial charge in [-0.2, -0.15) is 13.2 Å². The number of nitrogens with zero attached hydrogens (tertiary/aromatic N) is 5. The molecule has 3 aromatic carbocycles. The molecule has 50 heavy (non-hydrogen) atoms. The minimum atomic E-state index is -4.48. The van der Waals surface area contributed by atoms with Crippen LogP contribution in [0.1, 0.15) is 32.0 Å². The van der Waals surface area contributed by atoms with E-state index in [9.17, 15) is 22.8 Å². The number of ether oxygens (including phenoxy) is 3. The quantitative estimate of drug-likeness (QED) is 0.178. The minimum Gasteiger partial charge on any atom is -0.454 e. The molecule has 260 valence electrons. The summed E-state index contributed by atoms with van der Waals surface area (Å²) in [6.45, 7) is 3.76. The molecule has 0 bridgehead atoms. The molecule has 0 radical (unpaired) electrons. The lowest BCUT2D eigenvalue weighted by Crippen LogP contribution is -2.48. The number of carbonyl (C=O) groups excluding carboxylic acids is 2. The monoisotopic (exact) mass is 751 g/mol. The summed E-state index contributed by atoms with van der Waals surface area (Å²) in [4.78, 5) is 36.2. The van der Waals surface area contributed by atoms with Crippen LogP contribution in [0.15, 0.2) is 85.1 Å². The first-order valence-electron chi connectivity index (χ1n) is 15.6. The van der Waals surface area contributed by atoms with Gasteiger partial charge in [-0.15, -0.1) is 17.0 Å². The Kier molecular flexibility index (Phi) is 9.76. The summed E-state index contributed by atoms with van der Waals surface area (Å²) in [5.74, 6) is 1.82. The molecule has 0 saturated carbocycles. The van der Waals surface area contributed by atoms with Crippen molar-refractivity contribution in [2.24, 2.45) is 7.05 Å². The highest BCUT2D eigenvalue weighted by Gasteiger charge is 2.30. The molecule has 7 rings (SSSR count). The molecule has 0 unspecified atom stereocenters. The Morgan fingerprint density at radius 1 is 0.900 bits per heavy atom. The maximum atomic E-state index is 13.6. The Morgan fingerprint density at radius 2 is 1.64 bits per heavy atom. The van der Waals surface area contributed by atoms with E-state index in [2.05, 4.69) is 9.88 Å². The van der Waals surface area contributed by atoms with Crippen molar-refractivity contribution < 1.29 is 37.0 Å². The van der Waals surface area contributed by atoms with Gasteiger partial charge in [0, 0.05) is 69.4 Å². The van der Waals surface area contributed by atoms with Gasteiger partial charge in [-0.25, -0.2) is 4.98 Å². The Labute approximate surface area is 296 Å². The number of piperazine rings is 1. The molecule has 1 saturated heterocycles. The van der Waals surface area contributed by atoms with E-state index in [4.69, 9.17) is 14.2 Å². The Balaban J connectivity index is 0.00000432. The van der Waals surface area contributed by atoms with Crippen LogP contribution in [0.4, 0.5) is 18.9 Å². The average molecular weight is 753 g/mol. The van der Waals surface area contributed by atoms with Crippen LogP contribution >= 0.6 is 17.0 Å². The third kappa shape index (κ3) is 7.12. The molecule has 2 amide bonds. The molecule has 0 atom stereocenters. The van der Waals surface area contributed by atoms with Crippen LogP contribution in [-0.4, -0.2) is 71.2 Å². The van der Waals surface area contributed by atoms with Gasteiger partial charge < -0.3 is 28.6 Å². The van der Waals surface area contributed by atoms with E-state index in [1.54, 1.807) is 18.2 Å². The summed E-state index contributed by atoms with van der Waals surface area (Å²) in [6.07, 6.45) is -3.03. The number of alkyl halides is 3. The number of amides is 2. The van der Waals surface area contributed by atoms with E-state index in [0.717, 1.165) is 71.9 Å². The summed E-state index contributed by atoms with van der Waals surface area (Å²) in [5.41, 5.74) is 2.33. The first-order valence-corrected chi connectivity index (χ1v) is 15.6. The van der Waals surface area contributed by atoms with Gasteiger partial charge in [0.1, 0.15) is 11.4 Å². The number of fused-ring (bicyclic) bond motifs is 2. The lowest BCUT2D eigenvalue weighted by atomic mass is 10.1. The molecule has 1 fully saturated rings. The van der Waals surface area contributed by atoms with Crippen LogP contribution < -0.4 is 19.1 Å². The highest BCUT2D eigenvalue weighted by Crippen LogP contribution is 2.33. The van der Waals surface area contributed by atoms with Gasteiger partial charge in [-0.05, 0) is 72.3 Å². The zero-order valence-electron chi connectivity index (χ0n) is 27.1. The number of aromatic nitrogens is 2. The number of halogens is 4. The van der Waals surface area contributed by atoms with Crippen LogP contribution in [0.5, 0.6) is 23.1 Å². The second kappa shape index (κ2) is 14.0. The van der Waals surface area contributed by atoms with Crippen molar-refractivity contribution in [3.05, 3.63) is 107 Å². The largest absolute Gasteiger partial charge is 0.454 e. The topological polar surface area (TPSA) is 89.4 Å². The molecule has 2 aliphatic rings. The molecule has 5 aromatic rings. The van der Waals surface area contributed by atoms with Crippen LogP contribution in [0.3, 0.4) is 0 Å². The standard InChI is InChI=1S/C36H32F3N5O5.BrH/c1-41(34(45)24-4-6-26(7-5-24)36(37,38)39)27-8-12-33(40-20-27)49-28-9-10-29-25(18-28)19-30(42(29)2)35(46)44-15-13-43(14-16-44)21-23-3-11-31-32(17-23)48-22-47-31;/h3-12,17-20H,13-16,21-22H2,1-2H3;1H. The van der Waals surface area contributed by atoms with Crippen LogP contribution in [0.25, 0.3) is 10.9 Å². The molecule has 4 heterocycles. The fourth-order valence-electron chi connectivity index (χ4n) is 6.03. The second-order valence-corrected chi connectivity index (χ2v) is 12.0. The van der Waals surface area contributed by atoms with Gasteiger partial charge >= 0.3 is 6.18 Å². The lowest BCUT2D eigenvalue weighted by molar-refractivity contribution is -0.137. The van der Waals surface area contributed by atoms with Crippen molar-refractivity contribution in [3.8, 4) is 23.1 Å². The van der Waals surface area contributed by atoms with Gasteiger partial charge in [0.05, 0.1) is 17.4 Å². The SMILES string of the molecule is Br.CN(C(=O)c1ccc(C(F)(F)F)cc1)c1ccc(Oc2ccc3c(c2)cc(C(=O)N2CCN(Cc4ccc5c(c4)OCO5)CC2)n3C)nc1. The van der Waals surface area contributed by atoms with Crippen molar-refractivity contribution in [3.63, 3.8) is 0 Å². The summed E-state index contributed by atoms with van der Waals surface area (Å²) in [7, 11) is 3.38. The van der Waals surface area contributed by atoms with Gasteiger partial charge in [-0.3, -0.25) is 14.5 Å². The summed E-state index contributed by atoms with van der Waals surface area (Å²) >= 11 is 0. The number of pyridine rings is 1. The van der Waals surface area contributed by atoms with E-state index in [-0.39, 0.29) is 41.1 Å². The highest BCUT2D eigenvalue weighted by molar-refractivity contribution is 8.93.